The number of amides is 1. The van der Waals surface area contributed by atoms with Gasteiger partial charge in [0, 0.05) is 24.8 Å². The summed E-state index contributed by atoms with van der Waals surface area (Å²) >= 11 is 0. The van der Waals surface area contributed by atoms with Crippen molar-refractivity contribution in [3.05, 3.63) is 35.8 Å². The zero-order chi connectivity index (χ0) is 17.8. The number of carbonyl (C=O) groups is 1. The number of rotatable bonds is 5. The third-order valence-corrected chi connectivity index (χ3v) is 4.37. The summed E-state index contributed by atoms with van der Waals surface area (Å²) in [4.78, 5) is 18.7. The molecule has 2 aromatic rings. The van der Waals surface area contributed by atoms with Crippen molar-refractivity contribution in [1.29, 1.82) is 0 Å². The van der Waals surface area contributed by atoms with Gasteiger partial charge in [0.05, 0.1) is 12.3 Å². The van der Waals surface area contributed by atoms with Crippen LogP contribution in [0.4, 0.5) is 5.82 Å². The van der Waals surface area contributed by atoms with Crippen LogP contribution in [-0.4, -0.2) is 55.0 Å². The highest BCUT2D eigenvalue weighted by Crippen LogP contribution is 2.16. The van der Waals surface area contributed by atoms with Crippen molar-refractivity contribution in [2.45, 2.75) is 45.4 Å². The minimum atomic E-state index is -0.680. The molecule has 0 spiro atoms. The number of aryl methyl sites for hydroxylation is 1. The molecule has 2 aromatic heterocycles. The Morgan fingerprint density at radius 2 is 2.16 bits per heavy atom. The quantitative estimate of drug-likeness (QED) is 0.844. The molecule has 8 nitrogen and oxygen atoms in total. The molecule has 1 aliphatic rings. The first-order valence-electron chi connectivity index (χ1n) is 8.57. The summed E-state index contributed by atoms with van der Waals surface area (Å²) in [5.41, 5.74) is 1.46. The van der Waals surface area contributed by atoms with Gasteiger partial charge in [0.15, 0.2) is 0 Å². The van der Waals surface area contributed by atoms with Crippen molar-refractivity contribution >= 4 is 11.7 Å². The highest BCUT2D eigenvalue weighted by molar-refractivity contribution is 5.76. The van der Waals surface area contributed by atoms with E-state index in [-0.39, 0.29) is 12.5 Å². The Bertz CT molecular complexity index is 721. The SMILES string of the molecule is Cc1cccc(NC2CCN(C(=O)Cn3cc(C(C)O)nn3)CC2)n1. The molecule has 2 N–H and O–H groups in total. The van der Waals surface area contributed by atoms with Gasteiger partial charge in [-0.25, -0.2) is 9.67 Å². The topological polar surface area (TPSA) is 96.2 Å². The van der Waals surface area contributed by atoms with Gasteiger partial charge in [-0.1, -0.05) is 11.3 Å². The van der Waals surface area contributed by atoms with Crippen LogP contribution in [0.3, 0.4) is 0 Å². The van der Waals surface area contributed by atoms with Gasteiger partial charge in [-0.15, -0.1) is 5.10 Å². The summed E-state index contributed by atoms with van der Waals surface area (Å²) in [5.74, 6) is 0.909. The zero-order valence-electron chi connectivity index (χ0n) is 14.6. The lowest BCUT2D eigenvalue weighted by molar-refractivity contribution is -0.133. The van der Waals surface area contributed by atoms with Crippen LogP contribution in [0.5, 0.6) is 0 Å². The van der Waals surface area contributed by atoms with Crippen LogP contribution in [0, 0.1) is 6.92 Å². The number of pyridine rings is 1. The number of nitrogens with one attached hydrogen (secondary N) is 1. The van der Waals surface area contributed by atoms with Crippen molar-refractivity contribution < 1.29 is 9.90 Å². The van der Waals surface area contributed by atoms with E-state index in [0.29, 0.717) is 24.8 Å². The van der Waals surface area contributed by atoms with Gasteiger partial charge < -0.3 is 15.3 Å². The maximum Gasteiger partial charge on any atom is 0.244 e. The summed E-state index contributed by atoms with van der Waals surface area (Å²) in [6.07, 6.45) is 2.70. The number of aromatic nitrogens is 4. The number of aliphatic hydroxyl groups is 1. The fourth-order valence-corrected chi connectivity index (χ4v) is 2.93. The molecular formula is C17H24N6O2. The van der Waals surface area contributed by atoms with Crippen LogP contribution in [0.2, 0.25) is 0 Å². The van der Waals surface area contributed by atoms with Crippen LogP contribution in [0.1, 0.15) is 37.3 Å². The molecule has 1 unspecified atom stereocenters. The average Bonchev–Trinajstić information content (AvgIpc) is 3.04. The first-order valence-corrected chi connectivity index (χ1v) is 8.57. The van der Waals surface area contributed by atoms with Gasteiger partial charge in [-0.2, -0.15) is 0 Å². The average molecular weight is 344 g/mol. The second-order valence-electron chi connectivity index (χ2n) is 6.48. The van der Waals surface area contributed by atoms with Gasteiger partial charge in [0.25, 0.3) is 0 Å². The van der Waals surface area contributed by atoms with Crippen LogP contribution >= 0.6 is 0 Å². The fraction of sp³-hybridized carbons (Fsp3) is 0.529. The molecule has 3 rings (SSSR count). The Balaban J connectivity index is 1.48. The summed E-state index contributed by atoms with van der Waals surface area (Å²) in [5, 5.41) is 20.7. The molecule has 1 saturated heterocycles. The van der Waals surface area contributed by atoms with Crippen molar-refractivity contribution in [3.8, 4) is 0 Å². The van der Waals surface area contributed by atoms with E-state index >= 15 is 0 Å². The minimum absolute atomic E-state index is 0.0224. The standard InChI is InChI=1S/C17H24N6O2/c1-12-4-3-5-16(18-12)19-14-6-8-22(9-7-14)17(25)11-23-10-15(13(2)24)20-21-23/h3-5,10,13-14,24H,6-9,11H2,1-2H3,(H,18,19). The predicted octanol–water partition coefficient (Wildman–Crippen LogP) is 1.14. The molecule has 8 heteroatoms. The third kappa shape index (κ3) is 4.54. The predicted molar refractivity (Wildman–Crippen MR) is 92.9 cm³/mol. The highest BCUT2D eigenvalue weighted by Gasteiger charge is 2.23. The van der Waals surface area contributed by atoms with E-state index in [2.05, 4.69) is 20.6 Å². The van der Waals surface area contributed by atoms with E-state index in [1.165, 1.54) is 4.68 Å². The second-order valence-corrected chi connectivity index (χ2v) is 6.48. The molecule has 134 valence electrons. The number of piperidine rings is 1. The summed E-state index contributed by atoms with van der Waals surface area (Å²) < 4.78 is 1.48. The van der Waals surface area contributed by atoms with E-state index in [1.54, 1.807) is 13.1 Å². The van der Waals surface area contributed by atoms with Gasteiger partial charge in [-0.05, 0) is 38.8 Å². The Morgan fingerprint density at radius 3 is 2.80 bits per heavy atom. The number of carbonyl (C=O) groups excluding carboxylic acids is 1. The van der Waals surface area contributed by atoms with Crippen molar-refractivity contribution in [2.75, 3.05) is 18.4 Å². The number of hydrogen-bond donors (Lipinski definition) is 2. The smallest absolute Gasteiger partial charge is 0.244 e. The Kier molecular flexibility index (Phi) is 5.28. The van der Waals surface area contributed by atoms with Crippen LogP contribution in [0.25, 0.3) is 0 Å². The van der Waals surface area contributed by atoms with E-state index in [4.69, 9.17) is 0 Å². The Morgan fingerprint density at radius 1 is 1.40 bits per heavy atom. The second kappa shape index (κ2) is 7.60. The molecule has 1 atom stereocenters. The van der Waals surface area contributed by atoms with E-state index < -0.39 is 6.10 Å². The number of hydrogen-bond acceptors (Lipinski definition) is 6. The Hall–Kier alpha value is -2.48. The first-order chi connectivity index (χ1) is 12.0. The number of aliphatic hydroxyl groups excluding tert-OH is 1. The highest BCUT2D eigenvalue weighted by atomic mass is 16.3. The van der Waals surface area contributed by atoms with Crippen molar-refractivity contribution in [3.63, 3.8) is 0 Å². The largest absolute Gasteiger partial charge is 0.387 e. The summed E-state index contributed by atoms with van der Waals surface area (Å²) in [6.45, 7) is 5.16. The van der Waals surface area contributed by atoms with Gasteiger partial charge >= 0.3 is 0 Å². The fourth-order valence-electron chi connectivity index (χ4n) is 2.93. The molecule has 0 radical (unpaired) electrons. The molecule has 1 fully saturated rings. The van der Waals surface area contributed by atoms with Crippen LogP contribution < -0.4 is 5.32 Å². The molecule has 0 saturated carbocycles. The molecule has 0 aromatic carbocycles. The molecule has 0 bridgehead atoms. The van der Waals surface area contributed by atoms with Crippen molar-refractivity contribution in [1.82, 2.24) is 24.9 Å². The normalized spacial score (nSPS) is 16.7. The lowest BCUT2D eigenvalue weighted by Gasteiger charge is -2.32. The molecular weight excluding hydrogens is 320 g/mol. The monoisotopic (exact) mass is 344 g/mol. The number of nitrogens with zero attached hydrogens (tertiary/aromatic N) is 5. The number of anilines is 1. The van der Waals surface area contributed by atoms with Crippen LogP contribution in [0.15, 0.2) is 24.4 Å². The maximum atomic E-state index is 12.4. The molecule has 25 heavy (non-hydrogen) atoms. The molecule has 0 aliphatic carbocycles. The minimum Gasteiger partial charge on any atom is -0.387 e. The molecule has 3 heterocycles. The summed E-state index contributed by atoms with van der Waals surface area (Å²) in [7, 11) is 0. The lowest BCUT2D eigenvalue weighted by Crippen LogP contribution is -2.43. The van der Waals surface area contributed by atoms with Crippen LogP contribution in [-0.2, 0) is 11.3 Å². The van der Waals surface area contributed by atoms with E-state index in [1.807, 2.05) is 30.0 Å². The van der Waals surface area contributed by atoms with E-state index in [0.717, 1.165) is 24.4 Å². The zero-order valence-corrected chi connectivity index (χ0v) is 14.6. The lowest BCUT2D eigenvalue weighted by atomic mass is 10.0. The van der Waals surface area contributed by atoms with Crippen molar-refractivity contribution in [2.24, 2.45) is 0 Å². The molecule has 1 aliphatic heterocycles. The maximum absolute atomic E-state index is 12.4. The Labute approximate surface area is 146 Å². The van der Waals surface area contributed by atoms with Gasteiger partial charge in [-0.3, -0.25) is 4.79 Å². The third-order valence-electron chi connectivity index (χ3n) is 4.37. The van der Waals surface area contributed by atoms with Gasteiger partial charge in [0.2, 0.25) is 5.91 Å². The molecule has 1 amide bonds. The van der Waals surface area contributed by atoms with E-state index in [9.17, 15) is 9.90 Å². The first kappa shape index (κ1) is 17.3. The number of likely N-dealkylation sites (tertiary alicyclic amines) is 1. The summed E-state index contributed by atoms with van der Waals surface area (Å²) in [6, 6.07) is 6.25. The van der Waals surface area contributed by atoms with Gasteiger partial charge in [0.1, 0.15) is 18.1 Å².